The zero-order valence-electron chi connectivity index (χ0n) is 9.75. The molecule has 17 heavy (non-hydrogen) atoms. The number of hydrogen-bond donors (Lipinski definition) is 1. The second kappa shape index (κ2) is 4.45. The maximum atomic E-state index is 10.5. The highest BCUT2D eigenvalue weighted by Gasteiger charge is 2.10. The number of carbonyl (C=O) groups is 1. The third kappa shape index (κ3) is 2.38. The molecule has 0 bridgehead atoms. The van der Waals surface area contributed by atoms with E-state index in [1.54, 1.807) is 12.1 Å². The maximum Gasteiger partial charge on any atom is 0.341 e. The monoisotopic (exact) mass is 234 g/mol. The van der Waals surface area contributed by atoms with Gasteiger partial charge in [0.1, 0.15) is 0 Å². The molecule has 0 aliphatic carbocycles. The fourth-order valence-electron chi connectivity index (χ4n) is 1.54. The summed E-state index contributed by atoms with van der Waals surface area (Å²) in [6.07, 6.45) is 3.79. The summed E-state index contributed by atoms with van der Waals surface area (Å²) in [6, 6.07) is 3.52. The lowest BCUT2D eigenvalue weighted by atomic mass is 10.2. The fraction of sp³-hybridized carbons (Fsp3) is 0.333. The molecular formula is C12H14N2O3. The highest BCUT2D eigenvalue weighted by molar-refractivity contribution is 5.69. The predicted octanol–water partition coefficient (Wildman–Crippen LogP) is 1.92. The predicted molar refractivity (Wildman–Crippen MR) is 62.4 cm³/mol. The summed E-state index contributed by atoms with van der Waals surface area (Å²) in [6.45, 7) is 3.75. The zero-order valence-corrected chi connectivity index (χ0v) is 9.75. The first kappa shape index (κ1) is 11.4. The van der Waals surface area contributed by atoms with Gasteiger partial charge >= 0.3 is 5.97 Å². The number of fused-ring (bicyclic) bond motifs is 1. The van der Waals surface area contributed by atoms with Crippen molar-refractivity contribution in [3.8, 4) is 5.75 Å². The number of pyridine rings is 1. The number of hydrogen-bond acceptors (Lipinski definition) is 3. The van der Waals surface area contributed by atoms with Crippen LogP contribution in [0.2, 0.25) is 0 Å². The van der Waals surface area contributed by atoms with E-state index >= 15 is 0 Å². The molecule has 0 spiro atoms. The van der Waals surface area contributed by atoms with Crippen molar-refractivity contribution < 1.29 is 14.6 Å². The van der Waals surface area contributed by atoms with Crippen LogP contribution < -0.4 is 4.74 Å². The smallest absolute Gasteiger partial charge is 0.341 e. The molecule has 90 valence electrons. The van der Waals surface area contributed by atoms with Crippen LogP contribution in [0.25, 0.3) is 5.65 Å². The first-order chi connectivity index (χ1) is 8.08. The molecule has 0 saturated heterocycles. The van der Waals surface area contributed by atoms with Crippen LogP contribution in [0.3, 0.4) is 0 Å². The second-order valence-electron chi connectivity index (χ2n) is 4.11. The molecule has 2 heterocycles. The van der Waals surface area contributed by atoms with Crippen molar-refractivity contribution in [2.75, 3.05) is 6.61 Å². The fourth-order valence-corrected chi connectivity index (χ4v) is 1.54. The van der Waals surface area contributed by atoms with Gasteiger partial charge in [-0.1, -0.05) is 13.8 Å². The van der Waals surface area contributed by atoms with Crippen LogP contribution in [0.15, 0.2) is 24.5 Å². The quantitative estimate of drug-likeness (QED) is 0.877. The van der Waals surface area contributed by atoms with E-state index in [1.165, 1.54) is 0 Å². The third-order valence-electron chi connectivity index (χ3n) is 2.41. The molecule has 0 radical (unpaired) electrons. The number of aliphatic carboxylic acids is 1. The van der Waals surface area contributed by atoms with Crippen molar-refractivity contribution in [3.05, 3.63) is 30.2 Å². The van der Waals surface area contributed by atoms with Crippen LogP contribution in [-0.2, 0) is 4.79 Å². The lowest BCUT2D eigenvalue weighted by Crippen LogP contribution is -2.10. The van der Waals surface area contributed by atoms with Gasteiger partial charge in [-0.2, -0.15) is 0 Å². The van der Waals surface area contributed by atoms with E-state index in [0.717, 1.165) is 5.69 Å². The summed E-state index contributed by atoms with van der Waals surface area (Å²) in [5, 5.41) is 8.59. The van der Waals surface area contributed by atoms with Crippen LogP contribution in [-0.4, -0.2) is 27.1 Å². The highest BCUT2D eigenvalue weighted by atomic mass is 16.5. The summed E-state index contributed by atoms with van der Waals surface area (Å²) in [5.74, 6) is -0.188. The van der Waals surface area contributed by atoms with Gasteiger partial charge in [0, 0.05) is 12.4 Å². The van der Waals surface area contributed by atoms with Gasteiger partial charge in [0.15, 0.2) is 18.0 Å². The normalized spacial score (nSPS) is 11.0. The number of nitrogens with zero attached hydrogens (tertiary/aromatic N) is 2. The lowest BCUT2D eigenvalue weighted by molar-refractivity contribution is -0.139. The summed E-state index contributed by atoms with van der Waals surface area (Å²) < 4.78 is 7.03. The highest BCUT2D eigenvalue weighted by Crippen LogP contribution is 2.21. The van der Waals surface area contributed by atoms with Gasteiger partial charge in [0.25, 0.3) is 0 Å². The molecule has 0 atom stereocenters. The molecule has 2 aromatic rings. The topological polar surface area (TPSA) is 63.8 Å². The van der Waals surface area contributed by atoms with Crippen LogP contribution in [0.4, 0.5) is 0 Å². The van der Waals surface area contributed by atoms with Crippen LogP contribution in [0, 0.1) is 0 Å². The maximum absolute atomic E-state index is 10.5. The number of imidazole rings is 1. The summed E-state index contributed by atoms with van der Waals surface area (Å²) in [5.41, 5.74) is 1.61. The first-order valence-electron chi connectivity index (χ1n) is 5.40. The minimum Gasteiger partial charge on any atom is -0.479 e. The van der Waals surface area contributed by atoms with Crippen molar-refractivity contribution in [1.82, 2.24) is 9.38 Å². The van der Waals surface area contributed by atoms with Gasteiger partial charge in [-0.15, -0.1) is 0 Å². The molecule has 5 nitrogen and oxygen atoms in total. The van der Waals surface area contributed by atoms with Crippen LogP contribution in [0.1, 0.15) is 25.5 Å². The van der Waals surface area contributed by atoms with E-state index in [-0.39, 0.29) is 6.61 Å². The zero-order chi connectivity index (χ0) is 12.4. The Morgan fingerprint density at radius 2 is 2.35 bits per heavy atom. The minimum atomic E-state index is -0.998. The van der Waals surface area contributed by atoms with Crippen molar-refractivity contribution in [1.29, 1.82) is 0 Å². The Kier molecular flexibility index (Phi) is 2.99. The number of carboxylic acids is 1. The van der Waals surface area contributed by atoms with Gasteiger partial charge in [0.2, 0.25) is 0 Å². The number of rotatable bonds is 4. The molecule has 0 unspecified atom stereocenters. The van der Waals surface area contributed by atoms with Crippen molar-refractivity contribution >= 4 is 11.6 Å². The van der Waals surface area contributed by atoms with Gasteiger partial charge in [0.05, 0.1) is 5.69 Å². The molecule has 0 aliphatic heterocycles. The minimum absolute atomic E-state index is 0.322. The molecule has 2 aromatic heterocycles. The Morgan fingerprint density at radius 1 is 1.59 bits per heavy atom. The van der Waals surface area contributed by atoms with Crippen molar-refractivity contribution in [3.63, 3.8) is 0 Å². The van der Waals surface area contributed by atoms with E-state index in [2.05, 4.69) is 18.8 Å². The molecular weight excluding hydrogens is 220 g/mol. The van der Waals surface area contributed by atoms with Gasteiger partial charge in [-0.3, -0.25) is 0 Å². The standard InChI is InChI=1S/C12H14N2O3/c1-8(2)9-6-14-5-3-4-10(12(14)13-9)17-7-11(15)16/h3-6,8H,7H2,1-2H3,(H,15,16). The summed E-state index contributed by atoms with van der Waals surface area (Å²) >= 11 is 0. The Hall–Kier alpha value is -2.04. The SMILES string of the molecule is CC(C)c1cn2cccc(OCC(=O)O)c2n1. The number of carboxylic acid groups (broad SMARTS) is 1. The lowest BCUT2D eigenvalue weighted by Gasteiger charge is -2.03. The average molecular weight is 234 g/mol. The van der Waals surface area contributed by atoms with E-state index in [4.69, 9.17) is 9.84 Å². The first-order valence-corrected chi connectivity index (χ1v) is 5.40. The summed E-state index contributed by atoms with van der Waals surface area (Å²) in [7, 11) is 0. The molecule has 1 N–H and O–H groups in total. The van der Waals surface area contributed by atoms with E-state index < -0.39 is 5.97 Å². The third-order valence-corrected chi connectivity index (χ3v) is 2.41. The molecule has 0 saturated carbocycles. The Morgan fingerprint density at radius 3 is 3.00 bits per heavy atom. The average Bonchev–Trinajstić information content (AvgIpc) is 2.70. The van der Waals surface area contributed by atoms with E-state index in [9.17, 15) is 4.79 Å². The largest absolute Gasteiger partial charge is 0.479 e. The van der Waals surface area contributed by atoms with E-state index in [1.807, 2.05) is 16.8 Å². The molecule has 2 rings (SSSR count). The van der Waals surface area contributed by atoms with Crippen molar-refractivity contribution in [2.24, 2.45) is 0 Å². The molecule has 0 amide bonds. The van der Waals surface area contributed by atoms with E-state index in [0.29, 0.717) is 17.3 Å². The molecule has 0 fully saturated rings. The molecule has 0 aromatic carbocycles. The molecule has 0 aliphatic rings. The van der Waals surface area contributed by atoms with Crippen molar-refractivity contribution in [2.45, 2.75) is 19.8 Å². The second-order valence-corrected chi connectivity index (χ2v) is 4.11. The summed E-state index contributed by atoms with van der Waals surface area (Å²) in [4.78, 5) is 14.9. The number of aromatic nitrogens is 2. The van der Waals surface area contributed by atoms with Crippen LogP contribution in [0.5, 0.6) is 5.75 Å². The number of ether oxygens (including phenoxy) is 1. The van der Waals surface area contributed by atoms with Gasteiger partial charge < -0.3 is 14.2 Å². The Labute approximate surface area is 98.7 Å². The molecule has 5 heteroatoms. The Balaban J connectivity index is 2.38. The van der Waals surface area contributed by atoms with Gasteiger partial charge in [-0.25, -0.2) is 9.78 Å². The Bertz CT molecular complexity index is 546. The van der Waals surface area contributed by atoms with Crippen LogP contribution >= 0.6 is 0 Å². The van der Waals surface area contributed by atoms with Gasteiger partial charge in [-0.05, 0) is 18.1 Å².